The van der Waals surface area contributed by atoms with E-state index >= 15 is 0 Å². The van der Waals surface area contributed by atoms with E-state index in [0.29, 0.717) is 17.7 Å². The standard InChI is InChI=1S/C12H12F3NO2S/c13-12(14,15)8-3-1-2-7(6-8)10-16-9(11(17)18)4-5-19-10/h1-3,6,9-10,16H,4-5H2,(H,17,18). The number of nitrogens with one attached hydrogen (secondary N) is 1. The maximum absolute atomic E-state index is 12.6. The maximum atomic E-state index is 12.6. The number of halogens is 3. The van der Waals surface area contributed by atoms with Gasteiger partial charge in [0.25, 0.3) is 0 Å². The van der Waals surface area contributed by atoms with Crippen LogP contribution in [0.2, 0.25) is 0 Å². The number of carboxylic acid groups (broad SMARTS) is 1. The van der Waals surface area contributed by atoms with Gasteiger partial charge in [0.2, 0.25) is 0 Å². The lowest BCUT2D eigenvalue weighted by molar-refractivity contribution is -0.140. The molecule has 0 amide bonds. The summed E-state index contributed by atoms with van der Waals surface area (Å²) in [5.74, 6) is -0.373. The van der Waals surface area contributed by atoms with Crippen LogP contribution in [0.25, 0.3) is 0 Å². The van der Waals surface area contributed by atoms with Crippen molar-refractivity contribution in [3.63, 3.8) is 0 Å². The molecule has 3 nitrogen and oxygen atoms in total. The van der Waals surface area contributed by atoms with Crippen LogP contribution in [0.5, 0.6) is 0 Å². The van der Waals surface area contributed by atoms with Crippen LogP contribution < -0.4 is 5.32 Å². The van der Waals surface area contributed by atoms with Gasteiger partial charge in [0.15, 0.2) is 0 Å². The van der Waals surface area contributed by atoms with Crippen molar-refractivity contribution in [1.82, 2.24) is 5.32 Å². The second kappa shape index (κ2) is 5.42. The highest BCUT2D eigenvalue weighted by Gasteiger charge is 2.32. The van der Waals surface area contributed by atoms with Crippen molar-refractivity contribution in [1.29, 1.82) is 0 Å². The first-order chi connectivity index (χ1) is 8.88. The van der Waals surface area contributed by atoms with Crippen LogP contribution in [0.3, 0.4) is 0 Å². The Morgan fingerprint density at radius 2 is 2.16 bits per heavy atom. The second-order valence-electron chi connectivity index (χ2n) is 4.22. The molecule has 1 aromatic carbocycles. The van der Waals surface area contributed by atoms with Gasteiger partial charge in [-0.05, 0) is 29.9 Å². The van der Waals surface area contributed by atoms with Crippen LogP contribution >= 0.6 is 11.8 Å². The molecule has 7 heteroatoms. The SMILES string of the molecule is O=C(O)C1CCSC(c2cccc(C(F)(F)F)c2)N1. The van der Waals surface area contributed by atoms with Crippen molar-refractivity contribution in [2.24, 2.45) is 0 Å². The Kier molecular flexibility index (Phi) is 4.05. The molecular formula is C12H12F3NO2S. The second-order valence-corrected chi connectivity index (χ2v) is 5.43. The van der Waals surface area contributed by atoms with Crippen LogP contribution in [-0.4, -0.2) is 22.9 Å². The zero-order valence-corrected chi connectivity index (χ0v) is 10.6. The molecule has 19 heavy (non-hydrogen) atoms. The van der Waals surface area contributed by atoms with E-state index in [1.165, 1.54) is 17.8 Å². The van der Waals surface area contributed by atoms with Gasteiger partial charge in [-0.25, -0.2) is 0 Å². The first kappa shape index (κ1) is 14.2. The lowest BCUT2D eigenvalue weighted by Gasteiger charge is -2.28. The third-order valence-corrected chi connectivity index (χ3v) is 4.07. The van der Waals surface area contributed by atoms with Gasteiger partial charge >= 0.3 is 12.1 Å². The third-order valence-electron chi connectivity index (χ3n) is 2.86. The largest absolute Gasteiger partial charge is 0.480 e. The zero-order valence-electron chi connectivity index (χ0n) is 9.78. The fourth-order valence-corrected chi connectivity index (χ4v) is 3.09. The number of aliphatic carboxylic acids is 1. The van der Waals surface area contributed by atoms with E-state index in [1.54, 1.807) is 6.07 Å². The molecule has 2 atom stereocenters. The summed E-state index contributed by atoms with van der Waals surface area (Å²) in [5, 5.41) is 11.4. The van der Waals surface area contributed by atoms with Gasteiger partial charge in [0.05, 0.1) is 10.9 Å². The van der Waals surface area contributed by atoms with Crippen LogP contribution in [0, 0.1) is 0 Å². The Labute approximate surface area is 112 Å². The number of hydrogen-bond donors (Lipinski definition) is 2. The first-order valence-electron chi connectivity index (χ1n) is 5.65. The van der Waals surface area contributed by atoms with Crippen molar-refractivity contribution in [2.45, 2.75) is 24.0 Å². The Morgan fingerprint density at radius 1 is 1.42 bits per heavy atom. The van der Waals surface area contributed by atoms with E-state index < -0.39 is 29.1 Å². The molecule has 1 aliphatic rings. The van der Waals surface area contributed by atoms with Gasteiger partial charge in [-0.1, -0.05) is 12.1 Å². The minimum atomic E-state index is -4.39. The lowest BCUT2D eigenvalue weighted by atomic mass is 10.1. The van der Waals surface area contributed by atoms with E-state index in [9.17, 15) is 18.0 Å². The molecule has 0 spiro atoms. The summed E-state index contributed by atoms with van der Waals surface area (Å²) in [6, 6.07) is 4.27. The summed E-state index contributed by atoms with van der Waals surface area (Å²) in [7, 11) is 0. The van der Waals surface area contributed by atoms with Gasteiger partial charge in [0.1, 0.15) is 6.04 Å². The van der Waals surface area contributed by atoms with Crippen LogP contribution in [0.1, 0.15) is 22.9 Å². The summed E-state index contributed by atoms with van der Waals surface area (Å²) in [4.78, 5) is 10.9. The number of hydrogen-bond acceptors (Lipinski definition) is 3. The monoisotopic (exact) mass is 291 g/mol. The Morgan fingerprint density at radius 3 is 2.79 bits per heavy atom. The maximum Gasteiger partial charge on any atom is 0.416 e. The average molecular weight is 291 g/mol. The number of alkyl halides is 3. The van der Waals surface area contributed by atoms with Crippen LogP contribution in [0.15, 0.2) is 24.3 Å². The molecule has 0 aliphatic carbocycles. The molecule has 0 radical (unpaired) electrons. The van der Waals surface area contributed by atoms with Gasteiger partial charge in [0, 0.05) is 0 Å². The summed E-state index contributed by atoms with van der Waals surface area (Å²) in [6.45, 7) is 0. The fraction of sp³-hybridized carbons (Fsp3) is 0.417. The first-order valence-corrected chi connectivity index (χ1v) is 6.70. The number of carbonyl (C=O) groups is 1. The number of rotatable bonds is 2. The summed E-state index contributed by atoms with van der Waals surface area (Å²) >= 11 is 1.41. The highest BCUT2D eigenvalue weighted by atomic mass is 32.2. The molecule has 0 aromatic heterocycles. The fourth-order valence-electron chi connectivity index (χ4n) is 1.88. The van der Waals surface area contributed by atoms with Crippen molar-refractivity contribution in [3.8, 4) is 0 Å². The van der Waals surface area contributed by atoms with E-state index in [4.69, 9.17) is 5.11 Å². The molecule has 0 saturated carbocycles. The lowest BCUT2D eigenvalue weighted by Crippen LogP contribution is -2.41. The van der Waals surface area contributed by atoms with E-state index in [2.05, 4.69) is 5.32 Å². The van der Waals surface area contributed by atoms with Gasteiger partial charge in [-0.15, -0.1) is 11.8 Å². The summed E-state index contributed by atoms with van der Waals surface area (Å²) in [6.07, 6.45) is -3.92. The molecule has 1 fully saturated rings. The Bertz CT molecular complexity index is 478. The average Bonchev–Trinajstić information content (AvgIpc) is 2.38. The van der Waals surface area contributed by atoms with Gasteiger partial charge < -0.3 is 5.11 Å². The molecule has 0 bridgehead atoms. The molecule has 1 saturated heterocycles. The molecular weight excluding hydrogens is 279 g/mol. The molecule has 2 unspecified atom stereocenters. The third kappa shape index (κ3) is 3.42. The number of benzene rings is 1. The van der Waals surface area contributed by atoms with Gasteiger partial charge in [-0.3, -0.25) is 10.1 Å². The minimum Gasteiger partial charge on any atom is -0.480 e. The normalized spacial score (nSPS) is 24.2. The number of thioether (sulfide) groups is 1. The van der Waals surface area contributed by atoms with E-state index in [-0.39, 0.29) is 0 Å². The topological polar surface area (TPSA) is 49.3 Å². The van der Waals surface area contributed by atoms with Crippen molar-refractivity contribution in [3.05, 3.63) is 35.4 Å². The Hall–Kier alpha value is -1.21. The highest BCUT2D eigenvalue weighted by molar-refractivity contribution is 7.99. The zero-order chi connectivity index (χ0) is 14.0. The molecule has 2 N–H and O–H groups in total. The smallest absolute Gasteiger partial charge is 0.416 e. The van der Waals surface area contributed by atoms with Crippen molar-refractivity contribution < 1.29 is 23.1 Å². The highest BCUT2D eigenvalue weighted by Crippen LogP contribution is 2.35. The van der Waals surface area contributed by atoms with Crippen molar-refractivity contribution >= 4 is 17.7 Å². The predicted octanol–water partition coefficient (Wildman–Crippen LogP) is 2.88. The van der Waals surface area contributed by atoms with Gasteiger partial charge in [-0.2, -0.15) is 13.2 Å². The van der Waals surface area contributed by atoms with Crippen LogP contribution in [0.4, 0.5) is 13.2 Å². The molecule has 2 rings (SSSR count). The minimum absolute atomic E-state index is 0.419. The van der Waals surface area contributed by atoms with Crippen LogP contribution in [-0.2, 0) is 11.0 Å². The molecule has 1 aromatic rings. The van der Waals surface area contributed by atoms with Crippen molar-refractivity contribution in [2.75, 3.05) is 5.75 Å². The Balaban J connectivity index is 2.20. The van der Waals surface area contributed by atoms with E-state index in [0.717, 1.165) is 12.1 Å². The number of carboxylic acids is 1. The predicted molar refractivity (Wildman–Crippen MR) is 65.8 cm³/mol. The van der Waals surface area contributed by atoms with E-state index in [1.807, 2.05) is 0 Å². The quantitative estimate of drug-likeness (QED) is 0.879. The molecule has 1 aliphatic heterocycles. The summed E-state index contributed by atoms with van der Waals surface area (Å²) in [5.41, 5.74) is -0.268. The molecule has 104 valence electrons. The summed E-state index contributed by atoms with van der Waals surface area (Å²) < 4.78 is 37.9. The molecule has 1 heterocycles.